The van der Waals surface area contributed by atoms with E-state index in [0.717, 1.165) is 19.4 Å². The van der Waals surface area contributed by atoms with Gasteiger partial charge in [0.05, 0.1) is 18.0 Å². The average Bonchev–Trinajstić information content (AvgIpc) is 3.32. The maximum absolute atomic E-state index is 12.5. The molecule has 1 amide bonds. The fourth-order valence-corrected chi connectivity index (χ4v) is 2.69. The maximum Gasteiger partial charge on any atom is 0.331 e. The van der Waals surface area contributed by atoms with Crippen molar-refractivity contribution in [1.29, 1.82) is 0 Å². The number of hydrogen-bond acceptors (Lipinski definition) is 5. The lowest BCUT2D eigenvalue weighted by atomic mass is 10.1. The molecule has 1 atom stereocenters. The molecular formula is C19H23N3O5. The van der Waals surface area contributed by atoms with Gasteiger partial charge in [0.15, 0.2) is 5.54 Å². The van der Waals surface area contributed by atoms with Gasteiger partial charge >= 0.3 is 5.97 Å². The van der Waals surface area contributed by atoms with Crippen LogP contribution in [0.5, 0.6) is 5.75 Å². The van der Waals surface area contributed by atoms with E-state index in [9.17, 15) is 14.7 Å². The third kappa shape index (κ3) is 4.46. The molecule has 0 aliphatic carbocycles. The summed E-state index contributed by atoms with van der Waals surface area (Å²) in [4.78, 5) is 23.8. The Kier molecular flexibility index (Phi) is 5.46. The van der Waals surface area contributed by atoms with Crippen LogP contribution in [-0.2, 0) is 15.1 Å². The normalized spacial score (nSPS) is 16.9. The molecule has 1 aliphatic rings. The number of carbonyl (C=O) groups excluding carboxylic acids is 1. The molecule has 1 unspecified atom stereocenters. The van der Waals surface area contributed by atoms with Gasteiger partial charge < -0.3 is 19.9 Å². The number of benzene rings is 1. The van der Waals surface area contributed by atoms with Crippen LogP contribution in [0.25, 0.3) is 0 Å². The highest BCUT2D eigenvalue weighted by Gasteiger charge is 2.30. The summed E-state index contributed by atoms with van der Waals surface area (Å²) >= 11 is 0. The first-order chi connectivity index (χ1) is 12.9. The Morgan fingerprint density at radius 1 is 1.44 bits per heavy atom. The van der Waals surface area contributed by atoms with Crippen LogP contribution >= 0.6 is 0 Å². The molecule has 3 rings (SSSR count). The first-order valence-electron chi connectivity index (χ1n) is 8.80. The second-order valence-corrected chi connectivity index (χ2v) is 6.97. The lowest BCUT2D eigenvalue weighted by Gasteiger charge is -2.19. The molecule has 2 aromatic rings. The minimum atomic E-state index is -1.21. The number of amides is 1. The van der Waals surface area contributed by atoms with Crippen molar-refractivity contribution in [2.24, 2.45) is 0 Å². The van der Waals surface area contributed by atoms with Crippen LogP contribution in [0.4, 0.5) is 5.69 Å². The molecular weight excluding hydrogens is 350 g/mol. The second kappa shape index (κ2) is 7.79. The van der Waals surface area contributed by atoms with Crippen molar-refractivity contribution in [3.05, 3.63) is 42.2 Å². The van der Waals surface area contributed by atoms with E-state index in [4.69, 9.17) is 9.47 Å². The van der Waals surface area contributed by atoms with Crippen LogP contribution in [0.1, 0.15) is 37.0 Å². The van der Waals surface area contributed by atoms with Gasteiger partial charge in [0.25, 0.3) is 5.91 Å². The van der Waals surface area contributed by atoms with E-state index in [1.165, 1.54) is 30.9 Å². The number of carbonyl (C=O) groups is 2. The molecule has 27 heavy (non-hydrogen) atoms. The van der Waals surface area contributed by atoms with E-state index in [0.29, 0.717) is 23.6 Å². The lowest BCUT2D eigenvalue weighted by Crippen LogP contribution is -2.35. The molecule has 2 heterocycles. The number of carboxylic acids is 1. The van der Waals surface area contributed by atoms with E-state index in [1.807, 2.05) is 0 Å². The van der Waals surface area contributed by atoms with E-state index >= 15 is 0 Å². The van der Waals surface area contributed by atoms with Crippen molar-refractivity contribution in [2.75, 3.05) is 18.5 Å². The fraction of sp³-hybridized carbons (Fsp3) is 0.421. The molecule has 1 aromatic heterocycles. The molecule has 144 valence electrons. The molecule has 0 spiro atoms. The Morgan fingerprint density at radius 3 is 2.96 bits per heavy atom. The maximum atomic E-state index is 12.5. The number of anilines is 1. The average molecular weight is 373 g/mol. The fourth-order valence-electron chi connectivity index (χ4n) is 2.69. The van der Waals surface area contributed by atoms with Crippen LogP contribution in [0.15, 0.2) is 36.7 Å². The van der Waals surface area contributed by atoms with Crippen LogP contribution in [0, 0.1) is 0 Å². The molecule has 1 aliphatic heterocycles. The van der Waals surface area contributed by atoms with Gasteiger partial charge in [0, 0.05) is 18.4 Å². The number of rotatable bonds is 7. The minimum absolute atomic E-state index is 0.103. The predicted molar refractivity (Wildman–Crippen MR) is 98.0 cm³/mol. The van der Waals surface area contributed by atoms with Gasteiger partial charge in [0.2, 0.25) is 0 Å². The predicted octanol–water partition coefficient (Wildman–Crippen LogP) is 2.51. The van der Waals surface area contributed by atoms with Crippen LogP contribution in [-0.4, -0.2) is 46.1 Å². The van der Waals surface area contributed by atoms with Gasteiger partial charge in [-0.15, -0.1) is 0 Å². The van der Waals surface area contributed by atoms with E-state index in [-0.39, 0.29) is 12.0 Å². The quantitative estimate of drug-likeness (QED) is 0.773. The van der Waals surface area contributed by atoms with Crippen molar-refractivity contribution < 1.29 is 24.2 Å². The Balaban J connectivity index is 1.63. The van der Waals surface area contributed by atoms with Crippen LogP contribution in [0.3, 0.4) is 0 Å². The number of aromatic nitrogens is 2. The molecule has 8 nitrogen and oxygen atoms in total. The van der Waals surface area contributed by atoms with Crippen molar-refractivity contribution in [3.63, 3.8) is 0 Å². The van der Waals surface area contributed by atoms with Gasteiger partial charge in [-0.05, 0) is 44.9 Å². The first kappa shape index (κ1) is 18.9. The first-order valence-corrected chi connectivity index (χ1v) is 8.80. The van der Waals surface area contributed by atoms with Gasteiger partial charge in [-0.3, -0.25) is 9.48 Å². The zero-order valence-corrected chi connectivity index (χ0v) is 15.3. The monoisotopic (exact) mass is 373 g/mol. The highest BCUT2D eigenvalue weighted by molar-refractivity contribution is 6.04. The summed E-state index contributed by atoms with van der Waals surface area (Å²) in [6.45, 7) is 4.29. The van der Waals surface area contributed by atoms with Crippen molar-refractivity contribution in [2.45, 2.75) is 38.3 Å². The summed E-state index contributed by atoms with van der Waals surface area (Å²) < 4.78 is 12.5. The van der Waals surface area contributed by atoms with Crippen LogP contribution < -0.4 is 10.1 Å². The van der Waals surface area contributed by atoms with Crippen molar-refractivity contribution in [1.82, 2.24) is 9.78 Å². The SMILES string of the molecule is CC(C)(C(=O)O)n1cc(NC(=O)c2cccc(OCC3CCCO3)c2)cn1. The second-order valence-electron chi connectivity index (χ2n) is 6.97. The zero-order valence-electron chi connectivity index (χ0n) is 15.3. The molecule has 1 aromatic carbocycles. The Bertz CT molecular complexity index is 824. The molecule has 8 heteroatoms. The number of nitrogens with one attached hydrogen (secondary N) is 1. The number of nitrogens with zero attached hydrogens (tertiary/aromatic N) is 2. The summed E-state index contributed by atoms with van der Waals surface area (Å²) in [5.41, 5.74) is -0.357. The van der Waals surface area contributed by atoms with E-state index in [1.54, 1.807) is 24.3 Å². The van der Waals surface area contributed by atoms with Crippen molar-refractivity contribution >= 4 is 17.6 Å². The molecule has 2 N–H and O–H groups in total. The topological polar surface area (TPSA) is 103 Å². The molecule has 0 bridgehead atoms. The Labute approximate surface area is 157 Å². The third-order valence-electron chi connectivity index (χ3n) is 4.49. The van der Waals surface area contributed by atoms with Gasteiger partial charge in [0.1, 0.15) is 12.4 Å². The standard InChI is InChI=1S/C19H23N3O5/c1-19(2,18(24)25)22-11-14(10-20-22)21-17(23)13-5-3-6-15(9-13)27-12-16-7-4-8-26-16/h3,5-6,9-11,16H,4,7-8,12H2,1-2H3,(H,21,23)(H,24,25). The number of carboxylic acid groups (broad SMARTS) is 1. The van der Waals surface area contributed by atoms with Crippen LogP contribution in [0.2, 0.25) is 0 Å². The zero-order chi connectivity index (χ0) is 19.4. The highest BCUT2D eigenvalue weighted by atomic mass is 16.5. The Hall–Kier alpha value is -2.87. The largest absolute Gasteiger partial charge is 0.491 e. The summed E-state index contributed by atoms with van der Waals surface area (Å²) in [7, 11) is 0. The summed E-state index contributed by atoms with van der Waals surface area (Å²) in [5.74, 6) is -0.745. The van der Waals surface area contributed by atoms with E-state index < -0.39 is 11.5 Å². The van der Waals surface area contributed by atoms with E-state index in [2.05, 4.69) is 10.4 Å². The van der Waals surface area contributed by atoms with Gasteiger partial charge in [-0.1, -0.05) is 6.07 Å². The highest BCUT2D eigenvalue weighted by Crippen LogP contribution is 2.20. The number of aliphatic carboxylic acids is 1. The molecule has 1 fully saturated rings. The Morgan fingerprint density at radius 2 is 2.26 bits per heavy atom. The lowest BCUT2D eigenvalue weighted by molar-refractivity contribution is -0.146. The van der Waals surface area contributed by atoms with Gasteiger partial charge in [-0.25, -0.2) is 4.79 Å². The summed E-state index contributed by atoms with van der Waals surface area (Å²) in [6.07, 6.45) is 5.04. The molecule has 1 saturated heterocycles. The third-order valence-corrected chi connectivity index (χ3v) is 4.49. The number of hydrogen-bond donors (Lipinski definition) is 2. The summed E-state index contributed by atoms with van der Waals surface area (Å²) in [6, 6.07) is 6.88. The van der Waals surface area contributed by atoms with Crippen molar-refractivity contribution in [3.8, 4) is 5.75 Å². The smallest absolute Gasteiger partial charge is 0.331 e. The molecule has 0 saturated carbocycles. The summed E-state index contributed by atoms with van der Waals surface area (Å²) in [5, 5.41) is 16.0. The van der Waals surface area contributed by atoms with Gasteiger partial charge in [-0.2, -0.15) is 5.10 Å². The minimum Gasteiger partial charge on any atom is -0.491 e. The number of ether oxygens (including phenoxy) is 2. The molecule has 0 radical (unpaired) electrons.